The number of aromatic nitrogens is 2. The Labute approximate surface area is 156 Å². The van der Waals surface area contributed by atoms with Crippen LogP contribution in [0, 0.1) is 0 Å². The van der Waals surface area contributed by atoms with E-state index in [-0.39, 0.29) is 11.8 Å². The van der Waals surface area contributed by atoms with Crippen LogP contribution in [0.1, 0.15) is 37.0 Å². The van der Waals surface area contributed by atoms with Crippen molar-refractivity contribution in [1.29, 1.82) is 0 Å². The van der Waals surface area contributed by atoms with Gasteiger partial charge in [0.05, 0.1) is 25.0 Å². The summed E-state index contributed by atoms with van der Waals surface area (Å²) in [5.41, 5.74) is 4.13. The van der Waals surface area contributed by atoms with Crippen LogP contribution in [-0.4, -0.2) is 23.5 Å². The summed E-state index contributed by atoms with van der Waals surface area (Å²) in [5, 5.41) is 0. The monoisotopic (exact) mass is 362 g/mol. The molecule has 0 fully saturated rings. The fraction of sp³-hybridized carbons (Fsp3) is 0.364. The van der Waals surface area contributed by atoms with Crippen LogP contribution >= 0.6 is 0 Å². The topological polar surface area (TPSA) is 34.9 Å². The Kier molecular flexibility index (Phi) is 4.31. The van der Waals surface area contributed by atoms with Gasteiger partial charge in [0.25, 0.3) is 0 Å². The summed E-state index contributed by atoms with van der Waals surface area (Å²) in [4.78, 5) is 18.4. The van der Waals surface area contributed by atoms with Gasteiger partial charge in [-0.25, -0.2) is 4.98 Å². The normalized spacial score (nSPS) is 16.6. The summed E-state index contributed by atoms with van der Waals surface area (Å²) in [6.07, 6.45) is 0. The molecule has 1 aliphatic heterocycles. The van der Waals surface area contributed by atoms with Crippen molar-refractivity contribution in [3.05, 3.63) is 54.1 Å². The van der Waals surface area contributed by atoms with E-state index in [2.05, 4.69) is 45.0 Å². The molecule has 4 rings (SSSR count). The Morgan fingerprint density at radius 3 is 2.35 bits per heavy atom. The van der Waals surface area contributed by atoms with E-state index in [1.807, 2.05) is 28.8 Å². The number of fused-ring (bicyclic) bond motifs is 5. The van der Waals surface area contributed by atoms with E-state index in [0.717, 1.165) is 28.5 Å². The van der Waals surface area contributed by atoms with Crippen LogP contribution in [0.5, 0.6) is 0 Å². The number of benzene rings is 2. The number of imidazole rings is 1. The maximum Gasteiger partial charge on any atom is 0.240 e. The molecule has 0 aliphatic carbocycles. The van der Waals surface area contributed by atoms with E-state index in [9.17, 15) is 4.79 Å². The van der Waals surface area contributed by atoms with Crippen molar-refractivity contribution >= 4 is 25.0 Å². The van der Waals surface area contributed by atoms with Gasteiger partial charge in [-0.05, 0) is 23.7 Å². The van der Waals surface area contributed by atoms with Gasteiger partial charge in [0.2, 0.25) is 5.91 Å². The first-order valence-corrected chi connectivity index (χ1v) is 12.6. The average Bonchev–Trinajstić information content (AvgIpc) is 3.09. The number of nitrogens with zero attached hydrogens (tertiary/aromatic N) is 2. The highest BCUT2D eigenvalue weighted by atomic mass is 28.3. The Bertz CT molecular complexity index is 963. The van der Waals surface area contributed by atoms with E-state index in [4.69, 9.17) is 4.98 Å². The predicted molar refractivity (Wildman–Crippen MR) is 111 cm³/mol. The van der Waals surface area contributed by atoms with Crippen LogP contribution in [0.2, 0.25) is 24.2 Å². The molecular weight excluding hydrogens is 336 g/mol. The molecule has 3 nitrogen and oxygen atoms in total. The standard InChI is InChI=1S/C22H26N2OSi/c1-4-26(5-2,6-3)15-18-16-11-7-8-12-17(16)21-23-19-13-9-10-14-20(19)24(21)22(18)25/h7-14,18H,4-6,15H2,1-3H3. The summed E-state index contributed by atoms with van der Waals surface area (Å²) in [6.45, 7) is 6.95. The SMILES string of the molecule is CC[Si](CC)(CC)CC1C(=O)n2c(nc3ccccc32)-c2ccccc21. The Morgan fingerprint density at radius 1 is 0.962 bits per heavy atom. The van der Waals surface area contributed by atoms with Gasteiger partial charge in [0.15, 0.2) is 0 Å². The molecule has 134 valence electrons. The molecule has 2 aromatic carbocycles. The molecule has 1 aromatic heterocycles. The van der Waals surface area contributed by atoms with Crippen LogP contribution in [0.25, 0.3) is 22.4 Å². The zero-order chi connectivity index (χ0) is 18.3. The van der Waals surface area contributed by atoms with Gasteiger partial charge in [-0.1, -0.05) is 75.3 Å². The second-order valence-corrected chi connectivity index (χ2v) is 13.0. The number of para-hydroxylation sites is 2. The lowest BCUT2D eigenvalue weighted by Crippen LogP contribution is -2.37. The van der Waals surface area contributed by atoms with E-state index in [0.29, 0.717) is 0 Å². The molecule has 0 spiro atoms. The van der Waals surface area contributed by atoms with Crippen molar-refractivity contribution in [3.8, 4) is 11.4 Å². The molecule has 0 bridgehead atoms. The number of rotatable bonds is 5. The lowest BCUT2D eigenvalue weighted by molar-refractivity contribution is 0.0886. The molecule has 0 radical (unpaired) electrons. The molecule has 3 aromatic rings. The van der Waals surface area contributed by atoms with Gasteiger partial charge in [0, 0.05) is 5.56 Å². The Hall–Kier alpha value is -2.20. The van der Waals surface area contributed by atoms with Gasteiger partial charge >= 0.3 is 0 Å². The molecule has 0 saturated heterocycles. The summed E-state index contributed by atoms with van der Waals surface area (Å²) >= 11 is 0. The fourth-order valence-corrected chi connectivity index (χ4v) is 8.16. The number of carbonyl (C=O) groups excluding carboxylic acids is 1. The molecule has 0 N–H and O–H groups in total. The van der Waals surface area contributed by atoms with E-state index >= 15 is 0 Å². The summed E-state index contributed by atoms with van der Waals surface area (Å²) in [6, 6.07) is 21.1. The van der Waals surface area contributed by atoms with Gasteiger partial charge in [-0.15, -0.1) is 0 Å². The Morgan fingerprint density at radius 2 is 1.62 bits per heavy atom. The van der Waals surface area contributed by atoms with Crippen LogP contribution < -0.4 is 0 Å². The van der Waals surface area contributed by atoms with Crippen molar-refractivity contribution in [2.45, 2.75) is 50.9 Å². The quantitative estimate of drug-likeness (QED) is 0.526. The maximum absolute atomic E-state index is 13.6. The molecule has 1 atom stereocenters. The van der Waals surface area contributed by atoms with Crippen molar-refractivity contribution in [2.75, 3.05) is 0 Å². The third-order valence-electron chi connectivity index (χ3n) is 6.54. The molecule has 4 heteroatoms. The van der Waals surface area contributed by atoms with Crippen molar-refractivity contribution in [3.63, 3.8) is 0 Å². The minimum Gasteiger partial charge on any atom is -0.273 e. The third kappa shape index (κ3) is 2.47. The molecular formula is C22H26N2OSi. The first-order chi connectivity index (χ1) is 12.6. The third-order valence-corrected chi connectivity index (χ3v) is 12.3. The second-order valence-electron chi connectivity index (χ2n) is 7.50. The fourth-order valence-electron chi connectivity index (χ4n) is 4.54. The smallest absolute Gasteiger partial charge is 0.240 e. The zero-order valence-corrected chi connectivity index (χ0v) is 16.8. The molecule has 26 heavy (non-hydrogen) atoms. The van der Waals surface area contributed by atoms with E-state index < -0.39 is 8.07 Å². The van der Waals surface area contributed by atoms with Gasteiger partial charge in [-0.2, -0.15) is 0 Å². The van der Waals surface area contributed by atoms with Crippen LogP contribution in [0.15, 0.2) is 48.5 Å². The van der Waals surface area contributed by atoms with Gasteiger partial charge in [0.1, 0.15) is 5.82 Å². The summed E-state index contributed by atoms with van der Waals surface area (Å²) in [5.74, 6) is 0.974. The molecule has 2 heterocycles. The lowest BCUT2D eigenvalue weighted by Gasteiger charge is -2.34. The average molecular weight is 363 g/mol. The number of hydrogen-bond acceptors (Lipinski definition) is 2. The highest BCUT2D eigenvalue weighted by Gasteiger charge is 2.39. The highest BCUT2D eigenvalue weighted by molar-refractivity contribution is 6.80. The van der Waals surface area contributed by atoms with E-state index in [1.165, 1.54) is 23.7 Å². The first-order valence-electron chi connectivity index (χ1n) is 9.75. The highest BCUT2D eigenvalue weighted by Crippen LogP contribution is 2.43. The van der Waals surface area contributed by atoms with Crippen LogP contribution in [-0.2, 0) is 0 Å². The number of carbonyl (C=O) groups is 1. The zero-order valence-electron chi connectivity index (χ0n) is 15.8. The minimum absolute atomic E-state index is 0.0391. The first kappa shape index (κ1) is 17.2. The number of hydrogen-bond donors (Lipinski definition) is 0. The van der Waals surface area contributed by atoms with E-state index in [1.54, 1.807) is 0 Å². The maximum atomic E-state index is 13.6. The van der Waals surface area contributed by atoms with Gasteiger partial charge in [-0.3, -0.25) is 9.36 Å². The molecule has 0 amide bonds. The van der Waals surface area contributed by atoms with Crippen molar-refractivity contribution in [1.82, 2.24) is 9.55 Å². The van der Waals surface area contributed by atoms with Crippen LogP contribution in [0.4, 0.5) is 0 Å². The molecule has 1 unspecified atom stereocenters. The predicted octanol–water partition coefficient (Wildman–Crippen LogP) is 5.95. The molecule has 1 aliphatic rings. The summed E-state index contributed by atoms with van der Waals surface area (Å²) in [7, 11) is -1.44. The lowest BCUT2D eigenvalue weighted by atomic mass is 9.91. The van der Waals surface area contributed by atoms with Gasteiger partial charge < -0.3 is 0 Å². The molecule has 0 saturated carbocycles. The van der Waals surface area contributed by atoms with Crippen molar-refractivity contribution < 1.29 is 4.79 Å². The second kappa shape index (κ2) is 6.51. The minimum atomic E-state index is -1.44. The largest absolute Gasteiger partial charge is 0.273 e. The summed E-state index contributed by atoms with van der Waals surface area (Å²) < 4.78 is 1.88. The van der Waals surface area contributed by atoms with Crippen molar-refractivity contribution in [2.24, 2.45) is 0 Å². The Balaban J connectivity index is 1.92. The van der Waals surface area contributed by atoms with Crippen LogP contribution in [0.3, 0.4) is 0 Å².